The van der Waals surface area contributed by atoms with Gasteiger partial charge in [-0.3, -0.25) is 0 Å². The van der Waals surface area contributed by atoms with Gasteiger partial charge in [0.2, 0.25) is 0 Å². The quantitative estimate of drug-likeness (QED) is 0.729. The molecule has 76 valence electrons. The van der Waals surface area contributed by atoms with Crippen LogP contribution in [0.4, 0.5) is 0 Å². The van der Waals surface area contributed by atoms with Gasteiger partial charge in [-0.25, -0.2) is 0 Å². The largest absolute Gasteiger partial charge is 0.353 e. The lowest BCUT2D eigenvalue weighted by Gasteiger charge is -2.01. The molecule has 1 aliphatic rings. The van der Waals surface area contributed by atoms with Crippen LogP contribution in [0.1, 0.15) is 47.0 Å². The van der Waals surface area contributed by atoms with Gasteiger partial charge in [0, 0.05) is 10.6 Å². The minimum Gasteiger partial charge on any atom is -0.353 e. The van der Waals surface area contributed by atoms with Gasteiger partial charge in [0.1, 0.15) is 0 Å². The highest BCUT2D eigenvalue weighted by Gasteiger charge is 2.14. The SMILES string of the molecule is C=C1NC(CCC)=C(CC)S1.CC. The summed E-state index contributed by atoms with van der Waals surface area (Å²) in [4.78, 5) is 1.47. The zero-order chi connectivity index (χ0) is 10.3. The minimum absolute atomic E-state index is 1.09. The molecule has 0 atom stereocenters. The second-order valence-electron chi connectivity index (χ2n) is 2.66. The fraction of sp³-hybridized carbons (Fsp3) is 0.636. The zero-order valence-corrected chi connectivity index (χ0v) is 10.1. The Labute approximate surface area is 86.7 Å². The number of hydrogen-bond acceptors (Lipinski definition) is 2. The van der Waals surface area contributed by atoms with Crippen molar-refractivity contribution in [3.05, 3.63) is 22.2 Å². The van der Waals surface area contributed by atoms with Gasteiger partial charge >= 0.3 is 0 Å². The second kappa shape index (κ2) is 7.07. The zero-order valence-electron chi connectivity index (χ0n) is 9.24. The van der Waals surface area contributed by atoms with Gasteiger partial charge in [-0.05, 0) is 12.8 Å². The molecule has 0 spiro atoms. The first kappa shape index (κ1) is 12.6. The molecule has 1 nitrogen and oxygen atoms in total. The third kappa shape index (κ3) is 3.90. The van der Waals surface area contributed by atoms with Crippen LogP contribution in [0.3, 0.4) is 0 Å². The van der Waals surface area contributed by atoms with Gasteiger partial charge in [-0.2, -0.15) is 0 Å². The van der Waals surface area contributed by atoms with E-state index in [1.807, 2.05) is 13.8 Å². The van der Waals surface area contributed by atoms with E-state index < -0.39 is 0 Å². The molecule has 0 aromatic carbocycles. The third-order valence-corrected chi connectivity index (χ3v) is 2.82. The molecule has 0 unspecified atom stereocenters. The molecule has 0 bridgehead atoms. The van der Waals surface area contributed by atoms with Crippen molar-refractivity contribution < 1.29 is 0 Å². The molecule has 2 heteroatoms. The van der Waals surface area contributed by atoms with E-state index in [1.54, 1.807) is 11.8 Å². The van der Waals surface area contributed by atoms with E-state index in [9.17, 15) is 0 Å². The van der Waals surface area contributed by atoms with Crippen molar-refractivity contribution in [2.45, 2.75) is 47.0 Å². The maximum atomic E-state index is 3.90. The first-order valence-corrected chi connectivity index (χ1v) is 5.95. The Kier molecular flexibility index (Phi) is 6.87. The molecule has 0 aromatic heterocycles. The molecule has 0 saturated heterocycles. The molecule has 0 aromatic rings. The molecule has 0 radical (unpaired) electrons. The van der Waals surface area contributed by atoms with Gasteiger partial charge in [0.05, 0.1) is 5.03 Å². The molecular formula is C11H21NS. The van der Waals surface area contributed by atoms with E-state index in [1.165, 1.54) is 17.0 Å². The normalized spacial score (nSPS) is 15.2. The summed E-state index contributed by atoms with van der Waals surface area (Å²) >= 11 is 1.79. The van der Waals surface area contributed by atoms with E-state index in [4.69, 9.17) is 0 Å². The Bertz CT molecular complexity index is 194. The number of thioether (sulfide) groups is 1. The van der Waals surface area contributed by atoms with E-state index in [0.29, 0.717) is 0 Å². The summed E-state index contributed by atoms with van der Waals surface area (Å²) < 4.78 is 0. The van der Waals surface area contributed by atoms with Crippen molar-refractivity contribution >= 4 is 11.8 Å². The summed E-state index contributed by atoms with van der Waals surface area (Å²) in [5.74, 6) is 0. The average molecular weight is 199 g/mol. The van der Waals surface area contributed by atoms with Crippen molar-refractivity contribution in [1.29, 1.82) is 0 Å². The Hall–Kier alpha value is -0.370. The highest BCUT2D eigenvalue weighted by Crippen LogP contribution is 2.35. The molecule has 0 fully saturated rings. The molecule has 0 amide bonds. The average Bonchev–Trinajstić information content (AvgIpc) is 2.50. The fourth-order valence-corrected chi connectivity index (χ4v) is 2.10. The van der Waals surface area contributed by atoms with Crippen LogP contribution in [0.2, 0.25) is 0 Å². The van der Waals surface area contributed by atoms with Gasteiger partial charge in [0.15, 0.2) is 0 Å². The molecule has 13 heavy (non-hydrogen) atoms. The summed E-state index contributed by atoms with van der Waals surface area (Å²) in [5, 5.41) is 4.39. The van der Waals surface area contributed by atoms with E-state index in [0.717, 1.165) is 17.9 Å². The summed E-state index contributed by atoms with van der Waals surface area (Å²) in [6, 6.07) is 0. The van der Waals surface area contributed by atoms with Crippen LogP contribution >= 0.6 is 11.8 Å². The maximum Gasteiger partial charge on any atom is 0.0696 e. The van der Waals surface area contributed by atoms with Gasteiger partial charge in [0.25, 0.3) is 0 Å². The summed E-state index contributed by atoms with van der Waals surface area (Å²) in [6.45, 7) is 12.3. The topological polar surface area (TPSA) is 12.0 Å². The van der Waals surface area contributed by atoms with Crippen LogP contribution in [0.15, 0.2) is 22.2 Å². The van der Waals surface area contributed by atoms with Gasteiger partial charge < -0.3 is 5.32 Å². The highest BCUT2D eigenvalue weighted by atomic mass is 32.2. The van der Waals surface area contributed by atoms with Crippen molar-refractivity contribution in [3.63, 3.8) is 0 Å². The van der Waals surface area contributed by atoms with E-state index >= 15 is 0 Å². The second-order valence-corrected chi connectivity index (χ2v) is 3.85. The molecule has 1 rings (SSSR count). The third-order valence-electron chi connectivity index (χ3n) is 1.69. The van der Waals surface area contributed by atoms with Crippen molar-refractivity contribution in [2.24, 2.45) is 0 Å². The maximum absolute atomic E-state index is 3.90. The lowest BCUT2D eigenvalue weighted by atomic mass is 10.2. The Balaban J connectivity index is 0.000000671. The monoisotopic (exact) mass is 199 g/mol. The standard InChI is InChI=1S/C9H15NS.C2H6/c1-4-6-8-9(5-2)11-7(3)10-8;1-2/h10H,3-6H2,1-2H3;1-2H3. The first-order valence-electron chi connectivity index (χ1n) is 5.13. The van der Waals surface area contributed by atoms with Crippen LogP contribution in [0.5, 0.6) is 0 Å². The summed E-state index contributed by atoms with van der Waals surface area (Å²) in [7, 11) is 0. The van der Waals surface area contributed by atoms with Crippen LogP contribution in [0.25, 0.3) is 0 Å². The minimum atomic E-state index is 1.09. The lowest BCUT2D eigenvalue weighted by molar-refractivity contribution is 0.830. The van der Waals surface area contributed by atoms with E-state index in [-0.39, 0.29) is 0 Å². The number of hydrogen-bond donors (Lipinski definition) is 1. The van der Waals surface area contributed by atoms with Crippen LogP contribution < -0.4 is 5.32 Å². The summed E-state index contributed by atoms with van der Waals surface area (Å²) in [5.41, 5.74) is 1.39. The number of allylic oxidation sites excluding steroid dienone is 2. The predicted octanol–water partition coefficient (Wildman–Crippen LogP) is 4.24. The fourth-order valence-electron chi connectivity index (χ4n) is 1.21. The van der Waals surface area contributed by atoms with Crippen molar-refractivity contribution in [2.75, 3.05) is 0 Å². The molecule has 0 saturated carbocycles. The van der Waals surface area contributed by atoms with Crippen molar-refractivity contribution in [1.82, 2.24) is 5.32 Å². The van der Waals surface area contributed by atoms with Crippen LogP contribution in [-0.2, 0) is 0 Å². The molecular weight excluding hydrogens is 178 g/mol. The molecule has 1 aliphatic heterocycles. The highest BCUT2D eigenvalue weighted by molar-refractivity contribution is 8.06. The van der Waals surface area contributed by atoms with Gasteiger partial charge in [-0.1, -0.05) is 52.5 Å². The first-order chi connectivity index (χ1) is 6.27. The molecule has 1 N–H and O–H groups in total. The Morgan fingerprint density at radius 2 is 1.92 bits per heavy atom. The van der Waals surface area contributed by atoms with E-state index in [2.05, 4.69) is 25.7 Å². The Morgan fingerprint density at radius 1 is 1.31 bits per heavy atom. The van der Waals surface area contributed by atoms with Crippen LogP contribution in [0, 0.1) is 0 Å². The molecule has 1 heterocycles. The van der Waals surface area contributed by atoms with Crippen molar-refractivity contribution in [3.8, 4) is 0 Å². The van der Waals surface area contributed by atoms with Gasteiger partial charge in [-0.15, -0.1) is 0 Å². The smallest absolute Gasteiger partial charge is 0.0696 e. The predicted molar refractivity (Wildman–Crippen MR) is 63.4 cm³/mol. The number of rotatable bonds is 3. The Morgan fingerprint density at radius 3 is 2.38 bits per heavy atom. The number of nitrogens with one attached hydrogen (secondary N) is 1. The lowest BCUT2D eigenvalue weighted by Crippen LogP contribution is -2.03. The van der Waals surface area contributed by atoms with Crippen LogP contribution in [-0.4, -0.2) is 0 Å². The molecule has 0 aliphatic carbocycles. The summed E-state index contributed by atoms with van der Waals surface area (Å²) in [6.07, 6.45) is 3.50.